The molecule has 0 fully saturated rings. The average molecular weight is 485 g/mol. The largest absolute Gasteiger partial charge is 0.318 e. The number of nitrogens with one attached hydrogen (secondary N) is 1. The minimum atomic E-state index is 0.425. The van der Waals surface area contributed by atoms with Crippen LogP contribution in [0.4, 0.5) is 5.82 Å². The Morgan fingerprint density at radius 2 is 1.88 bits per heavy atom. The Kier molecular flexibility index (Phi) is 5.66. The molecular weight excluding hydrogens is 470 g/mol. The number of hydrogen-bond donors (Lipinski definition) is 1. The van der Waals surface area contributed by atoms with Crippen molar-refractivity contribution < 1.29 is 0 Å². The molecule has 3 aromatic rings. The highest BCUT2D eigenvalue weighted by Gasteiger charge is 2.09. The van der Waals surface area contributed by atoms with Crippen molar-refractivity contribution >= 4 is 57.8 Å². The second-order valence-corrected chi connectivity index (χ2v) is 7.58. The Balaban J connectivity index is 1.84. The zero-order valence-corrected chi connectivity index (χ0v) is 17.3. The summed E-state index contributed by atoms with van der Waals surface area (Å²) in [5.74, 6) is 0.466. The summed E-state index contributed by atoms with van der Waals surface area (Å²) in [5, 5.41) is 5.16. The van der Waals surface area contributed by atoms with E-state index in [9.17, 15) is 0 Å². The molecule has 0 bridgehead atoms. The number of benzene rings is 1. The molecule has 4 nitrogen and oxygen atoms in total. The number of rotatable bonds is 4. The molecule has 0 saturated carbocycles. The van der Waals surface area contributed by atoms with E-state index in [0.29, 0.717) is 15.9 Å². The summed E-state index contributed by atoms with van der Waals surface area (Å²) in [5.41, 5.74) is 7.25. The number of anilines is 1. The van der Waals surface area contributed by atoms with Gasteiger partial charge in [0.05, 0.1) is 16.3 Å². The van der Waals surface area contributed by atoms with Gasteiger partial charge in [0, 0.05) is 32.4 Å². The van der Waals surface area contributed by atoms with Crippen LogP contribution in [-0.2, 0) is 0 Å². The Labute approximate surface area is 170 Å². The van der Waals surface area contributed by atoms with Gasteiger partial charge in [0.1, 0.15) is 0 Å². The molecular formula is C18H15Cl2IN4. The number of aryl methyl sites for hydroxylation is 1. The summed E-state index contributed by atoms with van der Waals surface area (Å²) in [6.07, 6.45) is 3.28. The molecule has 0 saturated heterocycles. The first-order chi connectivity index (χ1) is 12.0. The van der Waals surface area contributed by atoms with E-state index in [1.807, 2.05) is 0 Å². The second-order valence-electron chi connectivity index (χ2n) is 5.49. The fourth-order valence-corrected chi connectivity index (χ4v) is 3.35. The average Bonchev–Trinajstić information content (AvgIpc) is 2.85. The minimum absolute atomic E-state index is 0.425. The van der Waals surface area contributed by atoms with Crippen LogP contribution in [0.1, 0.15) is 17.0 Å². The highest BCUT2D eigenvalue weighted by molar-refractivity contribution is 14.1. The third-order valence-corrected chi connectivity index (χ3v) is 4.95. The van der Waals surface area contributed by atoms with Crippen LogP contribution in [0.15, 0.2) is 47.7 Å². The predicted octanol–water partition coefficient (Wildman–Crippen LogP) is 5.85. The van der Waals surface area contributed by atoms with Gasteiger partial charge < -0.3 is 4.57 Å². The standard InChI is InChI=1S/C18H15Cl2IN4/c1-11-7-13(9-23-24-18-17(20)8-14(19)10-22-18)12(2)25(11)16-5-3-15(21)4-6-16/h3-10H,1-2H3,(H,22,24)/b23-9+. The highest BCUT2D eigenvalue weighted by Crippen LogP contribution is 2.23. The van der Waals surface area contributed by atoms with Crippen LogP contribution in [0.5, 0.6) is 0 Å². The summed E-state index contributed by atoms with van der Waals surface area (Å²) in [4.78, 5) is 4.12. The van der Waals surface area contributed by atoms with Crippen molar-refractivity contribution in [3.8, 4) is 5.69 Å². The summed E-state index contributed by atoms with van der Waals surface area (Å²) < 4.78 is 3.41. The normalized spacial score (nSPS) is 11.2. The monoisotopic (exact) mass is 484 g/mol. The van der Waals surface area contributed by atoms with Gasteiger partial charge in [-0.05, 0) is 72.8 Å². The molecule has 0 unspecified atom stereocenters. The van der Waals surface area contributed by atoms with E-state index < -0.39 is 0 Å². The smallest absolute Gasteiger partial charge is 0.165 e. The number of hydrogen-bond acceptors (Lipinski definition) is 3. The van der Waals surface area contributed by atoms with Crippen molar-refractivity contribution in [1.82, 2.24) is 9.55 Å². The minimum Gasteiger partial charge on any atom is -0.318 e. The van der Waals surface area contributed by atoms with E-state index in [0.717, 1.165) is 22.6 Å². The molecule has 0 aliphatic heterocycles. The van der Waals surface area contributed by atoms with Crippen molar-refractivity contribution in [3.63, 3.8) is 0 Å². The summed E-state index contributed by atoms with van der Waals surface area (Å²) in [7, 11) is 0. The van der Waals surface area contributed by atoms with E-state index in [1.165, 1.54) is 9.77 Å². The molecule has 2 aromatic heterocycles. The Hall–Kier alpha value is -1.57. The van der Waals surface area contributed by atoms with Crippen molar-refractivity contribution in [2.75, 3.05) is 5.43 Å². The van der Waals surface area contributed by atoms with E-state index >= 15 is 0 Å². The summed E-state index contributed by atoms with van der Waals surface area (Å²) in [6, 6.07) is 12.1. The first-order valence-electron chi connectivity index (χ1n) is 7.50. The molecule has 7 heteroatoms. The van der Waals surface area contributed by atoms with Gasteiger partial charge >= 0.3 is 0 Å². The Bertz CT molecular complexity index is 933. The molecule has 0 spiro atoms. The third kappa shape index (κ3) is 4.16. The second kappa shape index (κ2) is 7.76. The lowest BCUT2D eigenvalue weighted by Gasteiger charge is -2.09. The van der Waals surface area contributed by atoms with Gasteiger partial charge in [-0.2, -0.15) is 5.10 Å². The molecule has 3 rings (SSSR count). The summed E-state index contributed by atoms with van der Waals surface area (Å²) in [6.45, 7) is 4.15. The number of hydrazone groups is 1. The van der Waals surface area contributed by atoms with Gasteiger partial charge in [0.15, 0.2) is 5.82 Å². The maximum atomic E-state index is 6.08. The lowest BCUT2D eigenvalue weighted by atomic mass is 10.2. The highest BCUT2D eigenvalue weighted by atomic mass is 127. The van der Waals surface area contributed by atoms with Crippen LogP contribution >= 0.6 is 45.8 Å². The van der Waals surface area contributed by atoms with Gasteiger partial charge in [-0.25, -0.2) is 4.98 Å². The number of halogens is 3. The van der Waals surface area contributed by atoms with Gasteiger partial charge in [0.25, 0.3) is 0 Å². The Morgan fingerprint density at radius 3 is 2.56 bits per heavy atom. The molecule has 0 aliphatic carbocycles. The van der Waals surface area contributed by atoms with Crippen LogP contribution in [0, 0.1) is 17.4 Å². The van der Waals surface area contributed by atoms with E-state index in [2.05, 4.69) is 86.8 Å². The molecule has 0 atom stereocenters. The zero-order chi connectivity index (χ0) is 18.0. The fourth-order valence-electron chi connectivity index (χ4n) is 2.57. The topological polar surface area (TPSA) is 42.2 Å². The van der Waals surface area contributed by atoms with Gasteiger partial charge in [-0.1, -0.05) is 23.2 Å². The van der Waals surface area contributed by atoms with Gasteiger partial charge in [-0.3, -0.25) is 5.43 Å². The van der Waals surface area contributed by atoms with E-state index in [4.69, 9.17) is 23.2 Å². The summed E-state index contributed by atoms with van der Waals surface area (Å²) >= 11 is 14.2. The SMILES string of the molecule is Cc1cc(/C=N/Nc2ncc(Cl)cc2Cl)c(C)n1-c1ccc(I)cc1. The fraction of sp³-hybridized carbons (Fsp3) is 0.111. The molecule has 25 heavy (non-hydrogen) atoms. The number of aromatic nitrogens is 2. The van der Waals surface area contributed by atoms with Crippen molar-refractivity contribution in [2.45, 2.75) is 13.8 Å². The van der Waals surface area contributed by atoms with E-state index in [-0.39, 0.29) is 0 Å². The third-order valence-electron chi connectivity index (χ3n) is 3.74. The molecule has 1 N–H and O–H groups in total. The molecule has 0 aliphatic rings. The molecule has 128 valence electrons. The molecule has 0 amide bonds. The lowest BCUT2D eigenvalue weighted by Crippen LogP contribution is -2.00. The molecule has 1 aromatic carbocycles. The van der Waals surface area contributed by atoms with E-state index in [1.54, 1.807) is 12.3 Å². The quantitative estimate of drug-likeness (QED) is 0.287. The van der Waals surface area contributed by atoms with Crippen LogP contribution < -0.4 is 5.43 Å². The molecule has 0 radical (unpaired) electrons. The number of pyridine rings is 1. The Morgan fingerprint density at radius 1 is 1.16 bits per heavy atom. The van der Waals surface area contributed by atoms with Gasteiger partial charge in [-0.15, -0.1) is 0 Å². The first-order valence-corrected chi connectivity index (χ1v) is 9.34. The van der Waals surface area contributed by atoms with Crippen molar-refractivity contribution in [3.05, 3.63) is 73.2 Å². The van der Waals surface area contributed by atoms with Crippen LogP contribution in [0.25, 0.3) is 5.69 Å². The van der Waals surface area contributed by atoms with Crippen LogP contribution in [0.3, 0.4) is 0 Å². The maximum Gasteiger partial charge on any atom is 0.165 e. The van der Waals surface area contributed by atoms with Crippen molar-refractivity contribution in [2.24, 2.45) is 5.10 Å². The predicted molar refractivity (Wildman–Crippen MR) is 113 cm³/mol. The maximum absolute atomic E-state index is 6.08. The lowest BCUT2D eigenvalue weighted by molar-refractivity contribution is 0.964. The van der Waals surface area contributed by atoms with Crippen LogP contribution in [-0.4, -0.2) is 15.8 Å². The number of nitrogens with zero attached hydrogens (tertiary/aromatic N) is 3. The molecule has 2 heterocycles. The first kappa shape index (κ1) is 18.2. The zero-order valence-electron chi connectivity index (χ0n) is 13.6. The van der Waals surface area contributed by atoms with Gasteiger partial charge in [0.2, 0.25) is 0 Å². The van der Waals surface area contributed by atoms with Crippen LogP contribution in [0.2, 0.25) is 10.0 Å². The van der Waals surface area contributed by atoms with Crippen molar-refractivity contribution in [1.29, 1.82) is 0 Å².